The zero-order chi connectivity index (χ0) is 20.3. The van der Waals surface area contributed by atoms with Crippen LogP contribution >= 0.6 is 23.6 Å². The van der Waals surface area contributed by atoms with Gasteiger partial charge in [-0.1, -0.05) is 30.3 Å². The van der Waals surface area contributed by atoms with Crippen LogP contribution in [0, 0.1) is 20.8 Å². The van der Waals surface area contributed by atoms with Gasteiger partial charge in [0.1, 0.15) is 5.00 Å². The van der Waals surface area contributed by atoms with E-state index in [1.165, 1.54) is 16.3 Å². The molecule has 0 unspecified atom stereocenters. The van der Waals surface area contributed by atoms with Crippen LogP contribution in [0.25, 0.3) is 0 Å². The molecule has 0 saturated heterocycles. The summed E-state index contributed by atoms with van der Waals surface area (Å²) in [5, 5.41) is 5.68. The lowest BCUT2D eigenvalue weighted by atomic mass is 9.97. The van der Waals surface area contributed by atoms with Gasteiger partial charge in [-0.3, -0.25) is 14.8 Å². The number of nitrogens with two attached hydrogens (primary N) is 1. The van der Waals surface area contributed by atoms with Gasteiger partial charge >= 0.3 is 0 Å². The van der Waals surface area contributed by atoms with Gasteiger partial charge in [0.25, 0.3) is 0 Å². The van der Waals surface area contributed by atoms with Crippen molar-refractivity contribution in [2.75, 3.05) is 5.32 Å². The van der Waals surface area contributed by atoms with Gasteiger partial charge in [-0.25, -0.2) is 5.84 Å². The van der Waals surface area contributed by atoms with Crippen LogP contribution in [0.15, 0.2) is 48.8 Å². The van der Waals surface area contributed by atoms with Crippen molar-refractivity contribution in [3.63, 3.8) is 0 Å². The third-order valence-electron chi connectivity index (χ3n) is 4.56. The Morgan fingerprint density at radius 2 is 1.96 bits per heavy atom. The van der Waals surface area contributed by atoms with Crippen LogP contribution in [0.2, 0.25) is 0 Å². The number of aromatic nitrogens is 1. The van der Waals surface area contributed by atoms with Gasteiger partial charge in [0.05, 0.1) is 12.1 Å². The molecule has 5 nitrogen and oxygen atoms in total. The molecular weight excluding hydrogens is 388 g/mol. The maximum atomic E-state index is 13.2. The summed E-state index contributed by atoms with van der Waals surface area (Å²) in [6.45, 7) is 6.32. The molecule has 0 aliphatic heterocycles. The van der Waals surface area contributed by atoms with Crippen LogP contribution in [0.4, 0.5) is 5.00 Å². The van der Waals surface area contributed by atoms with Gasteiger partial charge in [0.2, 0.25) is 0 Å². The van der Waals surface area contributed by atoms with Gasteiger partial charge in [-0.05, 0) is 55.7 Å². The van der Waals surface area contributed by atoms with E-state index in [-0.39, 0.29) is 5.78 Å². The highest BCUT2D eigenvalue weighted by Gasteiger charge is 2.23. The summed E-state index contributed by atoms with van der Waals surface area (Å²) in [6.07, 6.45) is 3.45. The quantitative estimate of drug-likeness (QED) is 0.282. The number of pyridine rings is 1. The molecule has 0 atom stereocenters. The van der Waals surface area contributed by atoms with E-state index in [0.717, 1.165) is 26.6 Å². The zero-order valence-electron chi connectivity index (χ0n) is 16.0. The largest absolute Gasteiger partial charge is 0.323 e. The van der Waals surface area contributed by atoms with E-state index in [9.17, 15) is 4.79 Å². The fourth-order valence-corrected chi connectivity index (χ4v) is 4.17. The first-order valence-corrected chi connectivity index (χ1v) is 10.0. The smallest absolute Gasteiger partial charge is 0.196 e. The van der Waals surface area contributed by atoms with Gasteiger partial charge in [0, 0.05) is 22.8 Å². The van der Waals surface area contributed by atoms with E-state index in [4.69, 9.17) is 18.1 Å². The number of carbonyl (C=O) groups is 1. The van der Waals surface area contributed by atoms with Crippen molar-refractivity contribution < 1.29 is 4.79 Å². The SMILES string of the molecule is Cc1ccccc1C(=O)c1c(NC(=S)N(N)Cc2cccnc2)sc(C)c1C. The van der Waals surface area contributed by atoms with Gasteiger partial charge in [-0.15, -0.1) is 11.3 Å². The second-order valence-corrected chi connectivity index (χ2v) is 8.16. The summed E-state index contributed by atoms with van der Waals surface area (Å²) < 4.78 is 0. The molecule has 2 heterocycles. The topological polar surface area (TPSA) is 71.2 Å². The summed E-state index contributed by atoms with van der Waals surface area (Å²) in [4.78, 5) is 18.4. The van der Waals surface area contributed by atoms with Crippen molar-refractivity contribution in [1.82, 2.24) is 9.99 Å². The first-order chi connectivity index (χ1) is 13.4. The molecule has 0 amide bonds. The first-order valence-electron chi connectivity index (χ1n) is 8.81. The molecule has 0 bridgehead atoms. The van der Waals surface area contributed by atoms with Crippen LogP contribution in [0.5, 0.6) is 0 Å². The Kier molecular flexibility index (Phi) is 6.18. The van der Waals surface area contributed by atoms with Gasteiger partial charge in [-0.2, -0.15) is 0 Å². The highest BCUT2D eigenvalue weighted by atomic mass is 32.1. The molecule has 2 aromatic heterocycles. The number of thiophene rings is 1. The summed E-state index contributed by atoms with van der Waals surface area (Å²) in [5.41, 5.74) is 4.19. The van der Waals surface area contributed by atoms with E-state index >= 15 is 0 Å². The van der Waals surface area contributed by atoms with E-state index in [1.54, 1.807) is 12.4 Å². The van der Waals surface area contributed by atoms with Crippen LogP contribution in [0.1, 0.15) is 37.5 Å². The van der Waals surface area contributed by atoms with Crippen LogP contribution < -0.4 is 11.2 Å². The molecule has 144 valence electrons. The van der Waals surface area contributed by atoms with E-state index in [0.29, 0.717) is 22.8 Å². The molecule has 3 rings (SSSR count). The average Bonchev–Trinajstić information content (AvgIpc) is 2.95. The molecule has 7 heteroatoms. The number of nitrogens with zero attached hydrogens (tertiary/aromatic N) is 2. The Bertz CT molecular complexity index is 1010. The van der Waals surface area contributed by atoms with E-state index in [2.05, 4.69) is 10.3 Å². The number of carbonyl (C=O) groups excluding carboxylic acids is 1. The molecule has 1 aromatic carbocycles. The minimum absolute atomic E-state index is 0.0129. The third-order valence-corrected chi connectivity index (χ3v) is 6.02. The van der Waals surface area contributed by atoms with E-state index < -0.39 is 0 Å². The normalized spacial score (nSPS) is 10.6. The molecule has 0 radical (unpaired) electrons. The van der Waals surface area contributed by atoms with Crippen molar-refractivity contribution in [2.24, 2.45) is 5.84 Å². The molecule has 0 fully saturated rings. The minimum Gasteiger partial charge on any atom is -0.323 e. The number of aryl methyl sites for hydroxylation is 2. The van der Waals surface area contributed by atoms with Crippen LogP contribution in [-0.2, 0) is 6.54 Å². The lowest BCUT2D eigenvalue weighted by molar-refractivity contribution is 0.103. The minimum atomic E-state index is -0.0129. The predicted octanol–water partition coefficient (Wildman–Crippen LogP) is 4.37. The summed E-state index contributed by atoms with van der Waals surface area (Å²) in [6, 6.07) is 11.4. The molecule has 0 aliphatic carbocycles. The first kappa shape index (κ1) is 20.1. The predicted molar refractivity (Wildman–Crippen MR) is 119 cm³/mol. The lowest BCUT2D eigenvalue weighted by Crippen LogP contribution is -2.39. The molecule has 0 aliphatic rings. The number of nitrogens with one attached hydrogen (secondary N) is 1. The molecular formula is C21H22N4OS2. The van der Waals surface area contributed by atoms with Crippen LogP contribution in [-0.4, -0.2) is 20.9 Å². The Balaban J connectivity index is 1.85. The third kappa shape index (κ3) is 4.27. The van der Waals surface area contributed by atoms with Crippen molar-refractivity contribution in [2.45, 2.75) is 27.3 Å². The maximum absolute atomic E-state index is 13.2. The second-order valence-electron chi connectivity index (χ2n) is 6.55. The summed E-state index contributed by atoms with van der Waals surface area (Å²) >= 11 is 6.97. The van der Waals surface area contributed by atoms with Gasteiger partial charge in [0.15, 0.2) is 10.9 Å². The number of rotatable bonds is 5. The fraction of sp³-hybridized carbons (Fsp3) is 0.190. The molecule has 3 aromatic rings. The number of hydrogen-bond acceptors (Lipinski definition) is 5. The maximum Gasteiger partial charge on any atom is 0.196 e. The Hall–Kier alpha value is -2.61. The van der Waals surface area contributed by atoms with Crippen LogP contribution in [0.3, 0.4) is 0 Å². The number of hydrazine groups is 1. The molecule has 3 N–H and O–H groups in total. The number of thiocarbonyl (C=S) groups is 1. The van der Waals surface area contributed by atoms with Gasteiger partial charge < -0.3 is 5.32 Å². The number of hydrogen-bond donors (Lipinski definition) is 2. The molecule has 0 saturated carbocycles. The van der Waals surface area contributed by atoms with Crippen molar-refractivity contribution in [3.05, 3.63) is 81.5 Å². The summed E-state index contributed by atoms with van der Waals surface area (Å²) in [7, 11) is 0. The highest BCUT2D eigenvalue weighted by molar-refractivity contribution is 7.80. The Morgan fingerprint density at radius 3 is 2.64 bits per heavy atom. The molecule has 28 heavy (non-hydrogen) atoms. The highest BCUT2D eigenvalue weighted by Crippen LogP contribution is 2.34. The average molecular weight is 411 g/mol. The van der Waals surface area contributed by atoms with E-state index in [1.807, 2.05) is 57.2 Å². The van der Waals surface area contributed by atoms with Crippen molar-refractivity contribution >= 4 is 39.5 Å². The Labute approximate surface area is 174 Å². The number of benzene rings is 1. The Morgan fingerprint density at radius 1 is 1.21 bits per heavy atom. The standard InChI is InChI=1S/C21H22N4OS2/c1-13-7-4-5-9-17(13)19(26)18-14(2)15(3)28-20(18)24-21(27)25(22)12-16-8-6-10-23-11-16/h4-11H,12,22H2,1-3H3,(H,24,27). The summed E-state index contributed by atoms with van der Waals surface area (Å²) in [5.74, 6) is 6.11. The lowest BCUT2D eigenvalue weighted by Gasteiger charge is -2.20. The van der Waals surface area contributed by atoms with Crippen molar-refractivity contribution in [1.29, 1.82) is 0 Å². The monoisotopic (exact) mass is 410 g/mol. The zero-order valence-corrected chi connectivity index (χ0v) is 17.7. The number of ketones is 1. The number of anilines is 1. The van der Waals surface area contributed by atoms with Crippen molar-refractivity contribution in [3.8, 4) is 0 Å². The molecule has 0 spiro atoms. The fourth-order valence-electron chi connectivity index (χ4n) is 2.88. The second kappa shape index (κ2) is 8.60.